The molecule has 1 aliphatic rings. The van der Waals surface area contributed by atoms with Crippen LogP contribution in [-0.2, 0) is 9.84 Å². The Hall–Kier alpha value is -1.21. The Morgan fingerprint density at radius 2 is 2.00 bits per heavy atom. The number of halogens is 1. The molecule has 7 heteroatoms. The number of fused-ring (bicyclic) bond motifs is 1. The van der Waals surface area contributed by atoms with Gasteiger partial charge in [-0.25, -0.2) is 12.8 Å². The second-order valence-corrected chi connectivity index (χ2v) is 7.53. The molecule has 0 aliphatic carbocycles. The highest BCUT2D eigenvalue weighted by molar-refractivity contribution is 7.91. The van der Waals surface area contributed by atoms with Crippen LogP contribution in [0.4, 0.5) is 4.39 Å². The van der Waals surface area contributed by atoms with Gasteiger partial charge >= 0.3 is 0 Å². The van der Waals surface area contributed by atoms with Gasteiger partial charge in [-0.1, -0.05) is 0 Å². The number of imidazole rings is 1. The molecule has 0 atom stereocenters. The van der Waals surface area contributed by atoms with E-state index in [0.29, 0.717) is 23.1 Å². The summed E-state index contributed by atoms with van der Waals surface area (Å²) in [5, 5.41) is 0. The molecular formula is C12H13FN2O2S2. The van der Waals surface area contributed by atoms with Gasteiger partial charge in [0, 0.05) is 6.04 Å². The zero-order valence-corrected chi connectivity index (χ0v) is 11.7. The Kier molecular flexibility index (Phi) is 2.98. The molecule has 0 radical (unpaired) electrons. The maximum absolute atomic E-state index is 13.4. The lowest BCUT2D eigenvalue weighted by molar-refractivity contribution is 0.455. The quantitative estimate of drug-likeness (QED) is 0.824. The lowest BCUT2D eigenvalue weighted by Crippen LogP contribution is -2.25. The topological polar surface area (TPSA) is 54.9 Å². The fourth-order valence-electron chi connectivity index (χ4n) is 2.59. The molecule has 2 heterocycles. The third kappa shape index (κ3) is 2.32. The van der Waals surface area contributed by atoms with Gasteiger partial charge < -0.3 is 9.55 Å². The summed E-state index contributed by atoms with van der Waals surface area (Å²) in [7, 11) is -2.91. The highest BCUT2D eigenvalue weighted by Crippen LogP contribution is 2.28. The van der Waals surface area contributed by atoms with E-state index in [-0.39, 0.29) is 23.4 Å². The van der Waals surface area contributed by atoms with Crippen LogP contribution in [-0.4, -0.2) is 29.5 Å². The van der Waals surface area contributed by atoms with Crippen molar-refractivity contribution in [3.8, 4) is 0 Å². The van der Waals surface area contributed by atoms with Crippen LogP contribution in [0.2, 0.25) is 0 Å². The zero-order chi connectivity index (χ0) is 13.6. The van der Waals surface area contributed by atoms with Crippen molar-refractivity contribution < 1.29 is 12.8 Å². The van der Waals surface area contributed by atoms with E-state index in [1.807, 2.05) is 4.57 Å². The molecule has 0 spiro atoms. The first-order valence-electron chi connectivity index (χ1n) is 6.06. The van der Waals surface area contributed by atoms with Crippen LogP contribution in [0.25, 0.3) is 11.0 Å². The van der Waals surface area contributed by atoms with Crippen molar-refractivity contribution in [1.29, 1.82) is 0 Å². The van der Waals surface area contributed by atoms with Crippen molar-refractivity contribution in [3.05, 3.63) is 28.8 Å². The molecule has 102 valence electrons. The van der Waals surface area contributed by atoms with E-state index in [1.54, 1.807) is 6.07 Å². The molecule has 0 saturated carbocycles. The van der Waals surface area contributed by atoms with Crippen molar-refractivity contribution in [2.24, 2.45) is 0 Å². The van der Waals surface area contributed by atoms with Crippen molar-refractivity contribution in [2.45, 2.75) is 18.9 Å². The fraction of sp³-hybridized carbons (Fsp3) is 0.417. The summed E-state index contributed by atoms with van der Waals surface area (Å²) in [6, 6.07) is 4.48. The minimum atomic E-state index is -2.91. The maximum Gasteiger partial charge on any atom is 0.178 e. The lowest BCUT2D eigenvalue weighted by atomic mass is 10.1. The predicted molar refractivity (Wildman–Crippen MR) is 74.0 cm³/mol. The van der Waals surface area contributed by atoms with E-state index in [1.165, 1.54) is 12.1 Å². The van der Waals surface area contributed by atoms with Crippen LogP contribution in [0.15, 0.2) is 18.2 Å². The fourth-order valence-corrected chi connectivity index (χ4v) is 4.42. The van der Waals surface area contributed by atoms with Crippen LogP contribution in [0.3, 0.4) is 0 Å². The summed E-state index contributed by atoms with van der Waals surface area (Å²) < 4.78 is 38.7. The molecule has 0 amide bonds. The number of nitrogens with one attached hydrogen (secondary N) is 1. The van der Waals surface area contributed by atoms with Gasteiger partial charge in [0.05, 0.1) is 22.5 Å². The number of hydrogen-bond acceptors (Lipinski definition) is 3. The summed E-state index contributed by atoms with van der Waals surface area (Å²) in [6.07, 6.45) is 1.06. The highest BCUT2D eigenvalue weighted by Gasteiger charge is 2.26. The Morgan fingerprint density at radius 3 is 2.68 bits per heavy atom. The van der Waals surface area contributed by atoms with Crippen LogP contribution >= 0.6 is 12.2 Å². The normalized spacial score (nSPS) is 19.8. The number of rotatable bonds is 1. The van der Waals surface area contributed by atoms with E-state index >= 15 is 0 Å². The van der Waals surface area contributed by atoms with E-state index in [4.69, 9.17) is 12.2 Å². The van der Waals surface area contributed by atoms with Gasteiger partial charge in [0.15, 0.2) is 4.77 Å². The van der Waals surface area contributed by atoms with Crippen LogP contribution in [0.5, 0.6) is 0 Å². The van der Waals surface area contributed by atoms with Crippen molar-refractivity contribution in [3.63, 3.8) is 0 Å². The average Bonchev–Trinajstić information content (AvgIpc) is 2.65. The van der Waals surface area contributed by atoms with Gasteiger partial charge in [0.2, 0.25) is 0 Å². The number of nitrogens with zero attached hydrogens (tertiary/aromatic N) is 1. The molecular weight excluding hydrogens is 287 g/mol. The van der Waals surface area contributed by atoms with Gasteiger partial charge in [-0.05, 0) is 43.3 Å². The van der Waals surface area contributed by atoms with Gasteiger partial charge in [0.1, 0.15) is 15.7 Å². The van der Waals surface area contributed by atoms with Crippen molar-refractivity contribution in [2.75, 3.05) is 11.5 Å². The lowest BCUT2D eigenvalue weighted by Gasteiger charge is -2.23. The molecule has 1 saturated heterocycles. The molecule has 19 heavy (non-hydrogen) atoms. The summed E-state index contributed by atoms with van der Waals surface area (Å²) in [5.41, 5.74) is 1.48. The third-order valence-electron chi connectivity index (χ3n) is 3.57. The molecule has 3 rings (SSSR count). The van der Waals surface area contributed by atoms with Gasteiger partial charge in [0.25, 0.3) is 0 Å². The highest BCUT2D eigenvalue weighted by atomic mass is 32.2. The number of aromatic amines is 1. The summed E-state index contributed by atoms with van der Waals surface area (Å²) in [6.45, 7) is 0. The number of H-pyrrole nitrogens is 1. The summed E-state index contributed by atoms with van der Waals surface area (Å²) >= 11 is 5.27. The first-order valence-corrected chi connectivity index (χ1v) is 8.29. The van der Waals surface area contributed by atoms with Gasteiger partial charge in [-0.15, -0.1) is 0 Å². The molecule has 0 bridgehead atoms. The molecule has 4 nitrogen and oxygen atoms in total. The predicted octanol–water partition coefficient (Wildman–Crippen LogP) is 2.59. The second kappa shape index (κ2) is 4.42. The van der Waals surface area contributed by atoms with Crippen molar-refractivity contribution >= 4 is 33.1 Å². The zero-order valence-electron chi connectivity index (χ0n) is 10.1. The number of aromatic nitrogens is 2. The van der Waals surface area contributed by atoms with Crippen LogP contribution < -0.4 is 0 Å². The van der Waals surface area contributed by atoms with Gasteiger partial charge in [-0.3, -0.25) is 0 Å². The molecule has 2 aromatic rings. The Morgan fingerprint density at radius 1 is 1.32 bits per heavy atom. The number of sulfone groups is 1. The standard InChI is InChI=1S/C12H13FN2O2S2/c13-8-1-2-10-11(7-8)15(12(18)14-10)9-3-5-19(16,17)6-4-9/h1-2,7,9H,3-6H2,(H,14,18). The average molecular weight is 300 g/mol. The van der Waals surface area contributed by atoms with Crippen LogP contribution in [0.1, 0.15) is 18.9 Å². The Bertz CT molecular complexity index is 778. The molecule has 1 fully saturated rings. The molecule has 1 N–H and O–H groups in total. The molecule has 0 unspecified atom stereocenters. The van der Waals surface area contributed by atoms with E-state index in [9.17, 15) is 12.8 Å². The maximum atomic E-state index is 13.4. The van der Waals surface area contributed by atoms with Crippen molar-refractivity contribution in [1.82, 2.24) is 9.55 Å². The Balaban J connectivity index is 2.08. The molecule has 1 aliphatic heterocycles. The van der Waals surface area contributed by atoms with E-state index < -0.39 is 9.84 Å². The number of benzene rings is 1. The Labute approximate surface area is 115 Å². The first kappa shape index (κ1) is 12.8. The van der Waals surface area contributed by atoms with Gasteiger partial charge in [-0.2, -0.15) is 0 Å². The summed E-state index contributed by atoms with van der Waals surface area (Å²) in [5.74, 6) is 0.0155. The first-order chi connectivity index (χ1) is 8.96. The minimum Gasteiger partial charge on any atom is -0.331 e. The monoisotopic (exact) mass is 300 g/mol. The second-order valence-electron chi connectivity index (χ2n) is 4.84. The third-order valence-corrected chi connectivity index (χ3v) is 5.58. The smallest absolute Gasteiger partial charge is 0.178 e. The van der Waals surface area contributed by atoms with Crippen LogP contribution in [0, 0.1) is 10.6 Å². The summed E-state index contributed by atoms with van der Waals surface area (Å²) in [4.78, 5) is 3.03. The SMILES string of the molecule is O=S1(=O)CCC(n2c(=S)[nH]c3ccc(F)cc32)CC1. The largest absolute Gasteiger partial charge is 0.331 e. The van der Waals surface area contributed by atoms with E-state index in [2.05, 4.69) is 4.98 Å². The molecule has 1 aromatic heterocycles. The number of hydrogen-bond donors (Lipinski definition) is 1. The molecule has 1 aromatic carbocycles. The minimum absolute atomic E-state index is 0.0200. The van der Waals surface area contributed by atoms with E-state index in [0.717, 1.165) is 5.52 Å².